The van der Waals surface area contributed by atoms with Crippen LogP contribution >= 0.6 is 0 Å². The van der Waals surface area contributed by atoms with Crippen molar-refractivity contribution in [2.45, 2.75) is 26.2 Å². The standard InChI is InChI=1S/C27H30N3O4/c1-5-33-25(31)10-12-30-11-6-7-17-13-18-14-21-26(34-24(18)16-22(17)30)20-9-8-19(28(2)3)15-23(20)29(4)27(21)32/h8-9,13-16H,5-7,10-12H2,1-4H3/q+1. The highest BCUT2D eigenvalue weighted by Gasteiger charge is 2.21. The van der Waals surface area contributed by atoms with E-state index in [9.17, 15) is 9.59 Å². The number of esters is 1. The van der Waals surface area contributed by atoms with Crippen molar-refractivity contribution in [3.8, 4) is 0 Å². The van der Waals surface area contributed by atoms with E-state index < -0.39 is 0 Å². The summed E-state index contributed by atoms with van der Waals surface area (Å²) in [5.41, 5.74) is 4.41. The van der Waals surface area contributed by atoms with Gasteiger partial charge in [-0.25, -0.2) is 4.58 Å². The third kappa shape index (κ3) is 3.75. The fraction of sp³-hybridized carbons (Fsp3) is 0.370. The fourth-order valence-corrected chi connectivity index (χ4v) is 4.90. The molecule has 0 fully saturated rings. The molecule has 0 spiro atoms. The van der Waals surface area contributed by atoms with Crippen molar-refractivity contribution in [1.82, 2.24) is 9.14 Å². The highest BCUT2D eigenvalue weighted by molar-refractivity contribution is 6.05. The quantitative estimate of drug-likeness (QED) is 0.203. The normalized spacial score (nSPS) is 13.5. The first-order chi connectivity index (χ1) is 16.4. The van der Waals surface area contributed by atoms with Crippen LogP contribution in [0, 0.1) is 0 Å². The molecule has 3 heterocycles. The van der Waals surface area contributed by atoms with E-state index in [1.54, 1.807) is 4.57 Å². The number of fused-ring (bicyclic) bond motifs is 5. The summed E-state index contributed by atoms with van der Waals surface area (Å²) in [7, 11) is 5.77. The van der Waals surface area contributed by atoms with Gasteiger partial charge >= 0.3 is 5.97 Å². The fourth-order valence-electron chi connectivity index (χ4n) is 4.90. The number of aromatic nitrogens is 1. The Labute approximate surface area is 197 Å². The first-order valence-corrected chi connectivity index (χ1v) is 11.8. The summed E-state index contributed by atoms with van der Waals surface area (Å²) in [6.45, 7) is 3.73. The molecule has 176 valence electrons. The van der Waals surface area contributed by atoms with Gasteiger partial charge in [-0.1, -0.05) is 0 Å². The third-order valence-electron chi connectivity index (χ3n) is 6.71. The van der Waals surface area contributed by atoms with Crippen LogP contribution in [0.1, 0.15) is 25.3 Å². The first kappa shape index (κ1) is 22.2. The smallest absolute Gasteiger partial charge is 0.307 e. The van der Waals surface area contributed by atoms with Gasteiger partial charge in [0.15, 0.2) is 0 Å². The molecule has 4 aromatic rings. The van der Waals surface area contributed by atoms with Crippen molar-refractivity contribution in [2.24, 2.45) is 7.05 Å². The highest BCUT2D eigenvalue weighted by atomic mass is 16.5. The van der Waals surface area contributed by atoms with Crippen LogP contribution in [0.4, 0.5) is 5.69 Å². The van der Waals surface area contributed by atoms with E-state index in [2.05, 4.69) is 17.0 Å². The number of carbonyl (C=O) groups excluding carboxylic acids is 1. The lowest BCUT2D eigenvalue weighted by molar-refractivity contribution is -0.142. The minimum absolute atomic E-state index is 0.0714. The van der Waals surface area contributed by atoms with Gasteiger partial charge in [0, 0.05) is 54.8 Å². The van der Waals surface area contributed by atoms with Gasteiger partial charge in [-0.15, -0.1) is 0 Å². The lowest BCUT2D eigenvalue weighted by Crippen LogP contribution is -2.31. The second-order valence-corrected chi connectivity index (χ2v) is 9.11. The minimum atomic E-state index is -0.175. The maximum atomic E-state index is 13.2. The van der Waals surface area contributed by atoms with Gasteiger partial charge in [-0.2, -0.15) is 0 Å². The van der Waals surface area contributed by atoms with Crippen molar-refractivity contribution in [2.75, 3.05) is 38.7 Å². The Morgan fingerprint density at radius 1 is 1.15 bits per heavy atom. The van der Waals surface area contributed by atoms with Crippen molar-refractivity contribution < 1.29 is 13.9 Å². The zero-order valence-electron chi connectivity index (χ0n) is 20.2. The summed E-state index contributed by atoms with van der Waals surface area (Å²) in [5.74, 6) is -0.175. The second-order valence-electron chi connectivity index (χ2n) is 9.11. The summed E-state index contributed by atoms with van der Waals surface area (Å²) >= 11 is 0. The zero-order chi connectivity index (χ0) is 24.0. The van der Waals surface area contributed by atoms with Crippen molar-refractivity contribution in [3.63, 3.8) is 0 Å². The molecular formula is C27H30N3O4+. The largest absolute Gasteiger partial charge is 0.466 e. The van der Waals surface area contributed by atoms with Crippen LogP contribution in [0.15, 0.2) is 45.6 Å². The van der Waals surface area contributed by atoms with Crippen molar-refractivity contribution >= 4 is 44.5 Å². The lowest BCUT2D eigenvalue weighted by Gasteiger charge is -2.31. The average molecular weight is 461 g/mol. The highest BCUT2D eigenvalue weighted by Crippen LogP contribution is 2.34. The molecule has 7 nitrogen and oxygen atoms in total. The molecule has 0 aliphatic carbocycles. The van der Waals surface area contributed by atoms with Crippen LogP contribution in [0.3, 0.4) is 0 Å². The minimum Gasteiger partial charge on any atom is -0.466 e. The summed E-state index contributed by atoms with van der Waals surface area (Å²) in [6, 6.07) is 12.2. The van der Waals surface area contributed by atoms with Crippen LogP contribution < -0.4 is 20.4 Å². The van der Waals surface area contributed by atoms with Gasteiger partial charge in [0.2, 0.25) is 5.36 Å². The monoisotopic (exact) mass is 460 g/mol. The maximum Gasteiger partial charge on any atom is 0.307 e. The number of pyridine rings is 1. The van der Waals surface area contributed by atoms with E-state index in [-0.39, 0.29) is 11.5 Å². The molecule has 0 radical (unpaired) electrons. The number of benzene rings is 2. The van der Waals surface area contributed by atoms with Gasteiger partial charge in [0.25, 0.3) is 5.56 Å². The van der Waals surface area contributed by atoms with E-state index in [1.165, 1.54) is 5.56 Å². The SMILES string of the molecule is CCOC(=O)CCN1CCCc2cc3cc4c(=O)n(C)c5cc(=[N+](C)C)ccc5c4oc3cc21. The van der Waals surface area contributed by atoms with Crippen LogP contribution in [0.25, 0.3) is 32.8 Å². The molecule has 0 bridgehead atoms. The number of anilines is 1. The van der Waals surface area contributed by atoms with Crippen molar-refractivity contribution in [3.05, 3.63) is 57.7 Å². The lowest BCUT2D eigenvalue weighted by atomic mass is 9.98. The van der Waals surface area contributed by atoms with Crippen LogP contribution in [0.5, 0.6) is 0 Å². The first-order valence-electron chi connectivity index (χ1n) is 11.8. The predicted octanol–water partition coefficient (Wildman–Crippen LogP) is 3.18. The van der Waals surface area contributed by atoms with Gasteiger partial charge in [0.05, 0.1) is 23.9 Å². The van der Waals surface area contributed by atoms with Gasteiger partial charge < -0.3 is 18.6 Å². The number of hydrogen-bond donors (Lipinski definition) is 0. The molecule has 5 rings (SSSR count). The van der Waals surface area contributed by atoms with Gasteiger partial charge in [0.1, 0.15) is 25.3 Å². The number of aryl methyl sites for hydroxylation is 2. The third-order valence-corrected chi connectivity index (χ3v) is 6.71. The van der Waals surface area contributed by atoms with Gasteiger partial charge in [-0.3, -0.25) is 9.59 Å². The van der Waals surface area contributed by atoms with Crippen LogP contribution in [0.2, 0.25) is 0 Å². The Morgan fingerprint density at radius 3 is 2.74 bits per heavy atom. The molecule has 0 saturated carbocycles. The maximum absolute atomic E-state index is 13.2. The second kappa shape index (κ2) is 8.63. The Kier molecular flexibility index (Phi) is 5.63. The molecule has 7 heteroatoms. The molecule has 0 N–H and O–H groups in total. The zero-order valence-corrected chi connectivity index (χ0v) is 20.2. The molecule has 0 unspecified atom stereocenters. The Hall–Kier alpha value is -3.61. The molecule has 34 heavy (non-hydrogen) atoms. The number of hydrogen-bond acceptors (Lipinski definition) is 5. The van der Waals surface area contributed by atoms with E-state index in [1.807, 2.05) is 56.9 Å². The molecule has 1 aliphatic rings. The Morgan fingerprint density at radius 2 is 1.97 bits per heavy atom. The van der Waals surface area contributed by atoms with E-state index in [4.69, 9.17) is 9.15 Å². The molecule has 0 atom stereocenters. The van der Waals surface area contributed by atoms with E-state index >= 15 is 0 Å². The average Bonchev–Trinajstić information content (AvgIpc) is 2.83. The summed E-state index contributed by atoms with van der Waals surface area (Å²) in [4.78, 5) is 27.4. The van der Waals surface area contributed by atoms with Crippen molar-refractivity contribution in [1.29, 1.82) is 0 Å². The van der Waals surface area contributed by atoms with E-state index in [0.29, 0.717) is 30.5 Å². The summed E-state index contributed by atoms with van der Waals surface area (Å²) in [5, 5.41) is 3.42. The molecule has 1 aliphatic heterocycles. The number of rotatable bonds is 4. The Bertz CT molecular complexity index is 1570. The predicted molar refractivity (Wildman–Crippen MR) is 135 cm³/mol. The molecular weight excluding hydrogens is 430 g/mol. The Balaban J connectivity index is 1.68. The summed E-state index contributed by atoms with van der Waals surface area (Å²) < 4.78 is 15.2. The van der Waals surface area contributed by atoms with Gasteiger partial charge in [-0.05, 0) is 43.5 Å². The number of carbonyl (C=O) groups is 1. The molecule has 2 aromatic heterocycles. The topological polar surface area (TPSA) is 67.7 Å². The molecule has 0 saturated heterocycles. The number of ether oxygens (including phenoxy) is 1. The molecule has 2 aromatic carbocycles. The summed E-state index contributed by atoms with van der Waals surface area (Å²) in [6.07, 6.45) is 2.34. The molecule has 0 amide bonds. The van der Waals surface area contributed by atoms with Crippen LogP contribution in [-0.4, -0.2) is 44.3 Å². The van der Waals surface area contributed by atoms with E-state index in [0.717, 1.165) is 52.3 Å². The van der Waals surface area contributed by atoms with Crippen LogP contribution in [-0.2, 0) is 23.0 Å². The number of nitrogens with zero attached hydrogens (tertiary/aromatic N) is 3.